The Kier molecular flexibility index (Phi) is 5.74. The van der Waals surface area contributed by atoms with Crippen molar-refractivity contribution in [1.29, 1.82) is 0 Å². The van der Waals surface area contributed by atoms with Crippen molar-refractivity contribution in [3.05, 3.63) is 0 Å². The predicted molar refractivity (Wildman–Crippen MR) is 74.1 cm³/mol. The second-order valence-electron chi connectivity index (χ2n) is 3.89. The van der Waals surface area contributed by atoms with Gasteiger partial charge in [0.2, 0.25) is 5.91 Å². The second-order valence-corrected chi connectivity index (χ2v) is 7.36. The molecule has 1 aliphatic rings. The summed E-state index contributed by atoms with van der Waals surface area (Å²) in [6.07, 6.45) is 3.90. The van der Waals surface area contributed by atoms with Gasteiger partial charge in [0.05, 0.1) is 11.9 Å². The summed E-state index contributed by atoms with van der Waals surface area (Å²) in [5.41, 5.74) is 5.08. The number of hydrogen-bond acceptors (Lipinski definition) is 7. The molecule has 18 heavy (non-hydrogen) atoms. The zero-order valence-corrected chi connectivity index (χ0v) is 12.3. The van der Waals surface area contributed by atoms with Crippen molar-refractivity contribution < 1.29 is 9.53 Å². The molecule has 0 saturated carbocycles. The zero-order valence-electron chi connectivity index (χ0n) is 9.83. The summed E-state index contributed by atoms with van der Waals surface area (Å²) in [4.78, 5) is 10.6. The van der Waals surface area contributed by atoms with Crippen LogP contribution < -0.4 is 5.73 Å². The van der Waals surface area contributed by atoms with Crippen LogP contribution in [-0.2, 0) is 9.53 Å². The maximum atomic E-state index is 10.6. The summed E-state index contributed by atoms with van der Waals surface area (Å²) < 4.78 is 7.37. The fraction of sp³-hybridized carbons (Fsp3) is 0.700. The standard InChI is InChI=1S/C10H15N3O2S3/c11-8(14)6-17-10-13-12-9(18-10)16-5-7-3-1-2-4-15-7/h7H,1-6H2,(H2,11,14). The van der Waals surface area contributed by atoms with Crippen LogP contribution in [0.1, 0.15) is 19.3 Å². The third-order valence-corrected chi connectivity index (χ3v) is 5.74. The fourth-order valence-corrected chi connectivity index (χ4v) is 4.40. The lowest BCUT2D eigenvalue weighted by atomic mass is 10.1. The fourth-order valence-electron chi connectivity index (χ4n) is 1.55. The summed E-state index contributed by atoms with van der Waals surface area (Å²) in [5.74, 6) is 0.847. The Labute approximate surface area is 118 Å². The molecule has 2 N–H and O–H groups in total. The van der Waals surface area contributed by atoms with Gasteiger partial charge < -0.3 is 10.5 Å². The van der Waals surface area contributed by atoms with Gasteiger partial charge in [-0.05, 0) is 19.3 Å². The Morgan fingerprint density at radius 2 is 2.17 bits per heavy atom. The minimum absolute atomic E-state index is 0.255. The molecule has 1 amide bonds. The van der Waals surface area contributed by atoms with Crippen LogP contribution in [0.2, 0.25) is 0 Å². The molecular weight excluding hydrogens is 290 g/mol. The molecule has 2 rings (SSSR count). The maximum absolute atomic E-state index is 10.6. The molecule has 1 aliphatic heterocycles. The van der Waals surface area contributed by atoms with Crippen LogP contribution in [0.15, 0.2) is 8.68 Å². The molecule has 1 saturated heterocycles. The minimum Gasteiger partial charge on any atom is -0.377 e. The molecule has 0 spiro atoms. The molecule has 8 heteroatoms. The number of nitrogens with two attached hydrogens (primary N) is 1. The Hall–Kier alpha value is -0.310. The Balaban J connectivity index is 1.73. The first-order valence-corrected chi connectivity index (χ1v) is 8.52. The van der Waals surface area contributed by atoms with Gasteiger partial charge in [-0.1, -0.05) is 34.9 Å². The zero-order chi connectivity index (χ0) is 12.8. The van der Waals surface area contributed by atoms with E-state index in [9.17, 15) is 4.79 Å². The van der Waals surface area contributed by atoms with Crippen LogP contribution in [-0.4, -0.2) is 40.3 Å². The van der Waals surface area contributed by atoms with E-state index in [2.05, 4.69) is 10.2 Å². The smallest absolute Gasteiger partial charge is 0.227 e. The molecule has 0 aromatic carbocycles. The molecule has 0 aliphatic carbocycles. The average molecular weight is 305 g/mol. The van der Waals surface area contributed by atoms with E-state index in [1.807, 2.05) is 0 Å². The van der Waals surface area contributed by atoms with E-state index in [0.717, 1.165) is 27.5 Å². The molecule has 0 bridgehead atoms. The van der Waals surface area contributed by atoms with Crippen molar-refractivity contribution in [3.8, 4) is 0 Å². The van der Waals surface area contributed by atoms with Gasteiger partial charge in [0.25, 0.3) is 0 Å². The van der Waals surface area contributed by atoms with Gasteiger partial charge in [-0.25, -0.2) is 0 Å². The third kappa shape index (κ3) is 4.75. The van der Waals surface area contributed by atoms with E-state index in [1.165, 1.54) is 35.9 Å². The van der Waals surface area contributed by atoms with Gasteiger partial charge >= 0.3 is 0 Å². The molecule has 2 heterocycles. The van der Waals surface area contributed by atoms with Crippen LogP contribution in [0, 0.1) is 0 Å². The topological polar surface area (TPSA) is 78.1 Å². The lowest BCUT2D eigenvalue weighted by molar-refractivity contribution is -0.115. The predicted octanol–water partition coefficient (Wildman–Crippen LogP) is 1.78. The van der Waals surface area contributed by atoms with Gasteiger partial charge in [0.15, 0.2) is 8.68 Å². The highest BCUT2D eigenvalue weighted by Crippen LogP contribution is 2.30. The van der Waals surface area contributed by atoms with Gasteiger partial charge in [0.1, 0.15) is 0 Å². The summed E-state index contributed by atoms with van der Waals surface area (Å²) >= 11 is 4.51. The second kappa shape index (κ2) is 7.32. The van der Waals surface area contributed by atoms with E-state index in [-0.39, 0.29) is 11.7 Å². The lowest BCUT2D eigenvalue weighted by Gasteiger charge is -2.21. The van der Waals surface area contributed by atoms with E-state index in [4.69, 9.17) is 10.5 Å². The Bertz CT molecular complexity index is 393. The quantitative estimate of drug-likeness (QED) is 0.807. The number of carbonyl (C=O) groups is 1. The number of thioether (sulfide) groups is 2. The monoisotopic (exact) mass is 305 g/mol. The minimum atomic E-state index is -0.333. The van der Waals surface area contributed by atoms with E-state index in [1.54, 1.807) is 11.8 Å². The highest BCUT2D eigenvalue weighted by Gasteiger charge is 2.15. The van der Waals surface area contributed by atoms with Gasteiger partial charge in [-0.3, -0.25) is 4.79 Å². The van der Waals surface area contributed by atoms with Crippen LogP contribution >= 0.6 is 34.9 Å². The molecule has 5 nitrogen and oxygen atoms in total. The SMILES string of the molecule is NC(=O)CSc1nnc(SCC2CCCCO2)s1. The number of rotatable bonds is 6. The number of amides is 1. The normalized spacial score (nSPS) is 19.9. The highest BCUT2D eigenvalue weighted by atomic mass is 32.2. The van der Waals surface area contributed by atoms with Crippen molar-refractivity contribution >= 4 is 40.8 Å². The lowest BCUT2D eigenvalue weighted by Crippen LogP contribution is -2.21. The van der Waals surface area contributed by atoms with E-state index in [0.29, 0.717) is 6.10 Å². The molecule has 100 valence electrons. The summed E-state index contributed by atoms with van der Waals surface area (Å²) in [5, 5.41) is 8.10. The number of ether oxygens (including phenoxy) is 1. The summed E-state index contributed by atoms with van der Waals surface area (Å²) in [6.45, 7) is 0.876. The number of primary amides is 1. The number of nitrogens with zero attached hydrogens (tertiary/aromatic N) is 2. The largest absolute Gasteiger partial charge is 0.377 e. The molecular formula is C10H15N3O2S3. The average Bonchev–Trinajstić information content (AvgIpc) is 2.83. The Morgan fingerprint density at radius 3 is 2.83 bits per heavy atom. The van der Waals surface area contributed by atoms with Crippen molar-refractivity contribution in [1.82, 2.24) is 10.2 Å². The molecule has 1 aromatic rings. The third-order valence-electron chi connectivity index (χ3n) is 2.39. The first-order chi connectivity index (χ1) is 8.74. The molecule has 1 unspecified atom stereocenters. The van der Waals surface area contributed by atoms with Crippen LogP contribution in [0.4, 0.5) is 0 Å². The van der Waals surface area contributed by atoms with Crippen LogP contribution in [0.25, 0.3) is 0 Å². The van der Waals surface area contributed by atoms with E-state index >= 15 is 0 Å². The molecule has 0 radical (unpaired) electrons. The van der Waals surface area contributed by atoms with Crippen molar-refractivity contribution in [2.45, 2.75) is 34.0 Å². The first kappa shape index (κ1) is 14.1. The number of hydrogen-bond donors (Lipinski definition) is 1. The van der Waals surface area contributed by atoms with Gasteiger partial charge in [-0.2, -0.15) is 0 Å². The van der Waals surface area contributed by atoms with E-state index < -0.39 is 0 Å². The highest BCUT2D eigenvalue weighted by molar-refractivity contribution is 8.03. The maximum Gasteiger partial charge on any atom is 0.227 e. The van der Waals surface area contributed by atoms with Crippen LogP contribution in [0.5, 0.6) is 0 Å². The first-order valence-electron chi connectivity index (χ1n) is 5.73. The molecule has 1 aromatic heterocycles. The number of carbonyl (C=O) groups excluding carboxylic acids is 1. The molecule has 1 fully saturated rings. The van der Waals surface area contributed by atoms with Crippen molar-refractivity contribution in [2.75, 3.05) is 18.1 Å². The van der Waals surface area contributed by atoms with Gasteiger partial charge in [0, 0.05) is 12.4 Å². The molecule has 1 atom stereocenters. The summed E-state index contributed by atoms with van der Waals surface area (Å²) in [6, 6.07) is 0. The Morgan fingerprint density at radius 1 is 1.39 bits per heavy atom. The van der Waals surface area contributed by atoms with Crippen molar-refractivity contribution in [3.63, 3.8) is 0 Å². The van der Waals surface area contributed by atoms with Crippen LogP contribution in [0.3, 0.4) is 0 Å². The van der Waals surface area contributed by atoms with Gasteiger partial charge in [-0.15, -0.1) is 10.2 Å². The number of aromatic nitrogens is 2. The summed E-state index contributed by atoms with van der Waals surface area (Å²) in [7, 11) is 0. The van der Waals surface area contributed by atoms with Crippen molar-refractivity contribution in [2.24, 2.45) is 5.73 Å².